The van der Waals surface area contributed by atoms with Crippen molar-refractivity contribution in [2.24, 2.45) is 0 Å². The molecule has 0 aliphatic rings. The molecule has 0 aliphatic carbocycles. The molecular formula is C11H14Cl2N4O2S. The lowest BCUT2D eigenvalue weighted by atomic mass is 10.5. The Kier molecular flexibility index (Phi) is 6.15. The Bertz CT molecular complexity index is 554. The van der Waals surface area contributed by atoms with E-state index in [0.29, 0.717) is 53.6 Å². The number of aromatic nitrogens is 4. The first kappa shape index (κ1) is 15.6. The molecule has 1 unspecified atom stereocenters. The molecule has 0 amide bonds. The Balaban J connectivity index is 2.21. The van der Waals surface area contributed by atoms with Crippen molar-refractivity contribution >= 4 is 40.0 Å². The zero-order chi connectivity index (χ0) is 14.4. The van der Waals surface area contributed by atoms with Crippen LogP contribution in [0.1, 0.15) is 12.8 Å². The minimum atomic E-state index is -1.26. The highest BCUT2D eigenvalue weighted by atomic mass is 35.5. The zero-order valence-electron chi connectivity index (χ0n) is 10.7. The first-order valence-corrected chi connectivity index (χ1v) is 8.49. The molecule has 0 aliphatic heterocycles. The Morgan fingerprint density at radius 3 is 2.80 bits per heavy atom. The number of imidazole rings is 1. The van der Waals surface area contributed by atoms with Crippen LogP contribution in [0.15, 0.2) is 17.6 Å². The molecule has 1 atom stereocenters. The lowest BCUT2D eigenvalue weighted by Gasteiger charge is -2.10. The van der Waals surface area contributed by atoms with Crippen molar-refractivity contribution < 1.29 is 9.29 Å². The highest BCUT2D eigenvalue weighted by Crippen LogP contribution is 2.18. The zero-order valence-corrected chi connectivity index (χ0v) is 13.0. The fraction of sp³-hybridized carbons (Fsp3) is 0.545. The van der Waals surface area contributed by atoms with Crippen LogP contribution in [0.3, 0.4) is 0 Å². The molecule has 0 radical (unpaired) electrons. The van der Waals surface area contributed by atoms with Gasteiger partial charge < -0.3 is 9.29 Å². The number of alkyl halides is 2. The Labute approximate surface area is 129 Å². The first-order chi connectivity index (χ1) is 9.77. The summed E-state index contributed by atoms with van der Waals surface area (Å²) < 4.78 is 19.2. The number of hydrogen-bond donors (Lipinski definition) is 0. The van der Waals surface area contributed by atoms with Gasteiger partial charge in [-0.05, 0) is 6.42 Å². The summed E-state index contributed by atoms with van der Waals surface area (Å²) in [6.07, 6.45) is 4.64. The second kappa shape index (κ2) is 7.87. The molecule has 0 aromatic carbocycles. The maximum atomic E-state index is 12.1. The molecule has 9 heteroatoms. The van der Waals surface area contributed by atoms with E-state index in [2.05, 4.69) is 15.2 Å². The average molecular weight is 337 g/mol. The van der Waals surface area contributed by atoms with Gasteiger partial charge in [-0.15, -0.1) is 28.3 Å². The fourth-order valence-electron chi connectivity index (χ4n) is 1.55. The van der Waals surface area contributed by atoms with E-state index >= 15 is 0 Å². The van der Waals surface area contributed by atoms with E-state index in [1.165, 1.54) is 0 Å². The lowest BCUT2D eigenvalue weighted by molar-refractivity contribution is 0.302. The second-order valence-corrected chi connectivity index (χ2v) is 6.11. The van der Waals surface area contributed by atoms with Gasteiger partial charge in [0, 0.05) is 41.8 Å². The van der Waals surface area contributed by atoms with Gasteiger partial charge in [0.1, 0.15) is 5.75 Å². The Hall–Kier alpha value is -0.760. The number of halogens is 2. The molecular weight excluding hydrogens is 323 g/mol. The van der Waals surface area contributed by atoms with Gasteiger partial charge in [0.25, 0.3) is 5.88 Å². The summed E-state index contributed by atoms with van der Waals surface area (Å²) in [6.45, 7) is 0.440. The quantitative estimate of drug-likeness (QED) is 0.418. The van der Waals surface area contributed by atoms with E-state index in [1.807, 2.05) is 0 Å². The number of hydrogen-bond acceptors (Lipinski definition) is 5. The summed E-state index contributed by atoms with van der Waals surface area (Å²) >= 11 is 9.93. The molecule has 110 valence electrons. The third-order valence-corrected chi connectivity index (χ3v) is 4.33. The van der Waals surface area contributed by atoms with Crippen molar-refractivity contribution in [3.8, 4) is 5.88 Å². The number of nitrogens with zero attached hydrogens (tertiary/aromatic N) is 4. The Morgan fingerprint density at radius 1 is 1.25 bits per heavy atom. The Morgan fingerprint density at radius 2 is 2.05 bits per heavy atom. The van der Waals surface area contributed by atoms with Crippen LogP contribution in [0.25, 0.3) is 5.65 Å². The van der Waals surface area contributed by atoms with Crippen LogP contribution in [-0.2, 0) is 11.2 Å². The highest BCUT2D eigenvalue weighted by Gasteiger charge is 2.20. The highest BCUT2D eigenvalue weighted by molar-refractivity contribution is 7.91. The third kappa shape index (κ3) is 3.66. The maximum Gasteiger partial charge on any atom is 0.347 e. The summed E-state index contributed by atoms with van der Waals surface area (Å²) in [5.74, 6) is 1.74. The summed E-state index contributed by atoms with van der Waals surface area (Å²) in [4.78, 5) is 4.16. The standard InChI is InChI=1S/C11H14Cl2N4O2S/c12-3-1-7-19-10-9-14-5-6-17(9)11(16-15-10)20(18)8-2-4-13/h5-6H,1-4,7-8H2. The number of rotatable bonds is 8. The van der Waals surface area contributed by atoms with Gasteiger partial charge in [-0.3, -0.25) is 0 Å². The van der Waals surface area contributed by atoms with Gasteiger partial charge in [-0.1, -0.05) is 5.10 Å². The van der Waals surface area contributed by atoms with Crippen LogP contribution in [0.2, 0.25) is 0 Å². The number of ether oxygens (including phenoxy) is 1. The predicted octanol–water partition coefficient (Wildman–Crippen LogP) is 1.87. The van der Waals surface area contributed by atoms with Gasteiger partial charge in [0.15, 0.2) is 0 Å². The molecule has 0 saturated heterocycles. The van der Waals surface area contributed by atoms with Crippen molar-refractivity contribution in [3.63, 3.8) is 0 Å². The maximum absolute atomic E-state index is 12.1. The van der Waals surface area contributed by atoms with Crippen molar-refractivity contribution in [2.75, 3.05) is 24.1 Å². The predicted molar refractivity (Wildman–Crippen MR) is 78.2 cm³/mol. The van der Waals surface area contributed by atoms with Crippen LogP contribution in [0.4, 0.5) is 0 Å². The molecule has 20 heavy (non-hydrogen) atoms. The lowest BCUT2D eigenvalue weighted by Crippen LogP contribution is -2.16. The summed E-state index contributed by atoms with van der Waals surface area (Å²) in [5, 5.41) is 8.29. The number of fused-ring (bicyclic) bond motifs is 1. The molecule has 2 aromatic heterocycles. The molecule has 2 aromatic rings. The minimum absolute atomic E-state index is 0.318. The van der Waals surface area contributed by atoms with Crippen molar-refractivity contribution in [2.45, 2.75) is 18.0 Å². The van der Waals surface area contributed by atoms with Crippen LogP contribution >= 0.6 is 23.2 Å². The topological polar surface area (TPSA) is 75.4 Å². The molecule has 2 heterocycles. The second-order valence-electron chi connectivity index (χ2n) is 3.89. The molecule has 0 bridgehead atoms. The minimum Gasteiger partial charge on any atom is -0.609 e. The summed E-state index contributed by atoms with van der Waals surface area (Å²) in [5.41, 5.74) is 0.504. The van der Waals surface area contributed by atoms with Crippen molar-refractivity contribution in [1.82, 2.24) is 19.6 Å². The molecule has 6 nitrogen and oxygen atoms in total. The molecule has 0 spiro atoms. The van der Waals surface area contributed by atoms with Gasteiger partial charge in [0.05, 0.1) is 6.61 Å². The molecule has 0 saturated carbocycles. The van der Waals surface area contributed by atoms with E-state index in [1.54, 1.807) is 16.8 Å². The summed E-state index contributed by atoms with van der Waals surface area (Å²) in [6, 6.07) is 0. The molecule has 0 fully saturated rings. The van der Waals surface area contributed by atoms with Crippen LogP contribution in [0.5, 0.6) is 5.88 Å². The first-order valence-electron chi connectivity index (χ1n) is 6.10. The summed E-state index contributed by atoms with van der Waals surface area (Å²) in [7, 11) is 0. The monoisotopic (exact) mass is 336 g/mol. The molecule has 0 N–H and O–H groups in total. The molecule has 2 rings (SSSR count). The van der Waals surface area contributed by atoms with Crippen LogP contribution in [-0.4, -0.2) is 48.3 Å². The third-order valence-electron chi connectivity index (χ3n) is 2.45. The van der Waals surface area contributed by atoms with E-state index in [0.717, 1.165) is 0 Å². The van der Waals surface area contributed by atoms with Crippen molar-refractivity contribution in [3.05, 3.63) is 12.4 Å². The van der Waals surface area contributed by atoms with E-state index in [-0.39, 0.29) is 0 Å². The van der Waals surface area contributed by atoms with Gasteiger partial charge in [0.2, 0.25) is 5.65 Å². The van der Waals surface area contributed by atoms with Gasteiger partial charge in [-0.2, -0.15) is 0 Å². The van der Waals surface area contributed by atoms with Gasteiger partial charge >= 0.3 is 5.16 Å². The average Bonchev–Trinajstić information content (AvgIpc) is 2.94. The van der Waals surface area contributed by atoms with Crippen LogP contribution < -0.4 is 4.74 Å². The normalized spacial score (nSPS) is 12.8. The smallest absolute Gasteiger partial charge is 0.347 e. The van der Waals surface area contributed by atoms with Gasteiger partial charge in [-0.25, -0.2) is 9.38 Å². The van der Waals surface area contributed by atoms with E-state index in [4.69, 9.17) is 27.9 Å². The SMILES string of the molecule is [O-][S+](CCCCl)c1nnc(OCCCCl)c2nccn12. The van der Waals surface area contributed by atoms with Crippen LogP contribution in [0, 0.1) is 0 Å². The van der Waals surface area contributed by atoms with E-state index in [9.17, 15) is 4.55 Å². The fourth-order valence-corrected chi connectivity index (χ4v) is 3.04. The van der Waals surface area contributed by atoms with E-state index < -0.39 is 11.2 Å². The largest absolute Gasteiger partial charge is 0.609 e. The van der Waals surface area contributed by atoms with Crippen molar-refractivity contribution in [1.29, 1.82) is 0 Å².